The molecule has 1 N–H and O–H groups in total. The number of nitrogens with one attached hydrogen (secondary N) is 1. The Labute approximate surface area is 199 Å². The van der Waals surface area contributed by atoms with Crippen molar-refractivity contribution in [3.63, 3.8) is 0 Å². The van der Waals surface area contributed by atoms with Gasteiger partial charge in [0.05, 0.1) is 0 Å². The third-order valence-electron chi connectivity index (χ3n) is 5.63. The van der Waals surface area contributed by atoms with Crippen LogP contribution in [0.4, 0.5) is 4.79 Å². The number of hydrogen-bond donors (Lipinski definition) is 1. The maximum absolute atomic E-state index is 13.4. The summed E-state index contributed by atoms with van der Waals surface area (Å²) in [7, 11) is 1.74. The molecule has 0 unspecified atom stereocenters. The molecule has 0 saturated carbocycles. The summed E-state index contributed by atoms with van der Waals surface area (Å²) >= 11 is 0. The lowest BCUT2D eigenvalue weighted by atomic mass is 9.92. The summed E-state index contributed by atoms with van der Waals surface area (Å²) in [5.74, 6) is -0.428. The van der Waals surface area contributed by atoms with E-state index in [1.54, 1.807) is 11.9 Å². The fraction of sp³-hybridized carbons (Fsp3) is 0.654. The molecule has 0 aliphatic heterocycles. The molecular weight excluding hydrogens is 420 g/mol. The molecule has 0 heterocycles. The maximum Gasteiger partial charge on any atom is 0.408 e. The molecule has 1 rings (SSSR count). The fourth-order valence-electron chi connectivity index (χ4n) is 3.58. The quantitative estimate of drug-likeness (QED) is 0.471. The van der Waals surface area contributed by atoms with Gasteiger partial charge >= 0.3 is 12.1 Å². The van der Waals surface area contributed by atoms with Crippen LogP contribution < -0.4 is 5.32 Å². The van der Waals surface area contributed by atoms with Crippen LogP contribution in [-0.4, -0.2) is 47.6 Å². The molecule has 33 heavy (non-hydrogen) atoms. The van der Waals surface area contributed by atoms with Gasteiger partial charge in [-0.05, 0) is 44.6 Å². The molecule has 0 bridgehead atoms. The van der Waals surface area contributed by atoms with Crippen molar-refractivity contribution >= 4 is 18.0 Å². The summed E-state index contributed by atoms with van der Waals surface area (Å²) in [4.78, 5) is 39.7. The highest BCUT2D eigenvalue weighted by atomic mass is 16.6. The van der Waals surface area contributed by atoms with Crippen molar-refractivity contribution < 1.29 is 23.9 Å². The molecule has 0 radical (unpaired) electrons. The van der Waals surface area contributed by atoms with Gasteiger partial charge in [-0.15, -0.1) is 0 Å². The van der Waals surface area contributed by atoms with Gasteiger partial charge in [0.15, 0.2) is 0 Å². The van der Waals surface area contributed by atoms with Crippen LogP contribution in [0.15, 0.2) is 30.3 Å². The number of carbonyl (C=O) groups is 3. The predicted molar refractivity (Wildman–Crippen MR) is 129 cm³/mol. The molecule has 1 aromatic rings. The Morgan fingerprint density at radius 2 is 1.67 bits per heavy atom. The third kappa shape index (κ3) is 10.3. The molecule has 0 fully saturated rings. The van der Waals surface area contributed by atoms with E-state index >= 15 is 0 Å². The summed E-state index contributed by atoms with van der Waals surface area (Å²) in [6.07, 6.45) is 0.946. The fourth-order valence-corrected chi connectivity index (χ4v) is 3.58. The summed E-state index contributed by atoms with van der Waals surface area (Å²) in [5, 5.41) is 2.73. The van der Waals surface area contributed by atoms with E-state index in [0.717, 1.165) is 12.0 Å². The molecule has 7 nitrogen and oxygen atoms in total. The standard InChI is InChI=1S/C26H42N2O5/c1-9-19(4)21(15-16-22(29)33-26(5,6)7)28(8)24(30)23(18(2)3)27-25(31)32-17-20-13-11-10-12-14-20/h10-14,18-19,21,23H,9,15-17H2,1-8H3,(H,27,31)/t19-,21+,23-/m0/s1. The van der Waals surface area contributed by atoms with Crippen molar-refractivity contribution in [1.29, 1.82) is 0 Å². The Bertz CT molecular complexity index is 758. The van der Waals surface area contributed by atoms with Crippen LogP contribution in [0.5, 0.6) is 0 Å². The summed E-state index contributed by atoms with van der Waals surface area (Å²) in [6.45, 7) is 13.5. The van der Waals surface area contributed by atoms with Gasteiger partial charge in [-0.25, -0.2) is 4.79 Å². The van der Waals surface area contributed by atoms with E-state index in [0.29, 0.717) is 6.42 Å². The number of amides is 2. The number of benzene rings is 1. The van der Waals surface area contributed by atoms with Crippen LogP contribution >= 0.6 is 0 Å². The maximum atomic E-state index is 13.4. The van der Waals surface area contributed by atoms with E-state index < -0.39 is 17.7 Å². The normalized spacial score (nSPS) is 14.2. The van der Waals surface area contributed by atoms with Gasteiger partial charge in [0.1, 0.15) is 18.2 Å². The number of carbonyl (C=O) groups excluding carboxylic acids is 3. The molecule has 0 spiro atoms. The van der Waals surface area contributed by atoms with Gasteiger partial charge in [-0.3, -0.25) is 9.59 Å². The monoisotopic (exact) mass is 462 g/mol. The van der Waals surface area contributed by atoms with Gasteiger partial charge in [0.25, 0.3) is 0 Å². The lowest BCUT2D eigenvalue weighted by Crippen LogP contribution is -2.54. The first-order valence-electron chi connectivity index (χ1n) is 11.8. The van der Waals surface area contributed by atoms with Crippen molar-refractivity contribution in [2.24, 2.45) is 11.8 Å². The van der Waals surface area contributed by atoms with Crippen LogP contribution in [0, 0.1) is 11.8 Å². The van der Waals surface area contributed by atoms with E-state index in [2.05, 4.69) is 19.2 Å². The van der Waals surface area contributed by atoms with Crippen molar-refractivity contribution in [2.75, 3.05) is 7.05 Å². The SMILES string of the molecule is CC[C@H](C)[C@@H](CCC(=O)OC(C)(C)C)N(C)C(=O)[C@@H](NC(=O)OCc1ccccc1)C(C)C. The van der Waals surface area contributed by atoms with Crippen molar-refractivity contribution in [3.05, 3.63) is 35.9 Å². The van der Waals surface area contributed by atoms with E-state index in [9.17, 15) is 14.4 Å². The molecule has 3 atom stereocenters. The first-order valence-corrected chi connectivity index (χ1v) is 11.8. The minimum Gasteiger partial charge on any atom is -0.460 e. The van der Waals surface area contributed by atoms with E-state index in [1.807, 2.05) is 65.0 Å². The second-order valence-electron chi connectivity index (χ2n) is 9.95. The Hall–Kier alpha value is -2.57. The minimum absolute atomic E-state index is 0.132. The lowest BCUT2D eigenvalue weighted by molar-refractivity contribution is -0.155. The summed E-state index contributed by atoms with van der Waals surface area (Å²) in [6, 6.07) is 8.49. The number of likely N-dealkylation sites (N-methyl/N-ethyl adjacent to an activating group) is 1. The topological polar surface area (TPSA) is 84.9 Å². The molecule has 0 aliphatic rings. The zero-order chi connectivity index (χ0) is 25.2. The van der Waals surface area contributed by atoms with E-state index in [1.165, 1.54) is 0 Å². The zero-order valence-electron chi connectivity index (χ0n) is 21.5. The van der Waals surface area contributed by atoms with Crippen molar-refractivity contribution in [3.8, 4) is 0 Å². The molecule has 1 aromatic carbocycles. The number of alkyl carbamates (subject to hydrolysis) is 1. The molecule has 0 aromatic heterocycles. The average molecular weight is 463 g/mol. The molecular formula is C26H42N2O5. The van der Waals surface area contributed by atoms with Crippen molar-refractivity contribution in [2.45, 2.75) is 92.0 Å². The van der Waals surface area contributed by atoms with Gasteiger partial charge in [0.2, 0.25) is 5.91 Å². The van der Waals surface area contributed by atoms with Crippen LogP contribution in [0.2, 0.25) is 0 Å². The molecule has 0 saturated heterocycles. The van der Waals surface area contributed by atoms with E-state index in [4.69, 9.17) is 9.47 Å². The summed E-state index contributed by atoms with van der Waals surface area (Å²) < 4.78 is 10.7. The third-order valence-corrected chi connectivity index (χ3v) is 5.63. The second kappa shape index (κ2) is 13.2. The van der Waals surface area contributed by atoms with E-state index in [-0.39, 0.29) is 42.8 Å². The molecule has 2 amide bonds. The van der Waals surface area contributed by atoms with Crippen LogP contribution in [-0.2, 0) is 25.7 Å². The smallest absolute Gasteiger partial charge is 0.408 e. The lowest BCUT2D eigenvalue weighted by Gasteiger charge is -2.36. The number of ether oxygens (including phenoxy) is 2. The second-order valence-corrected chi connectivity index (χ2v) is 9.95. The first-order chi connectivity index (χ1) is 15.4. The number of rotatable bonds is 11. The predicted octanol–water partition coefficient (Wildman–Crippen LogP) is 4.93. The zero-order valence-corrected chi connectivity index (χ0v) is 21.5. The average Bonchev–Trinajstić information content (AvgIpc) is 2.74. The van der Waals surface area contributed by atoms with Crippen LogP contribution in [0.3, 0.4) is 0 Å². The highest BCUT2D eigenvalue weighted by molar-refractivity contribution is 5.86. The minimum atomic E-state index is -0.730. The Balaban J connectivity index is 2.82. The molecule has 7 heteroatoms. The number of esters is 1. The molecule has 0 aliphatic carbocycles. The largest absolute Gasteiger partial charge is 0.460 e. The number of nitrogens with zero attached hydrogens (tertiary/aromatic N) is 1. The van der Waals surface area contributed by atoms with Crippen LogP contribution in [0.25, 0.3) is 0 Å². The highest BCUT2D eigenvalue weighted by Gasteiger charge is 2.33. The van der Waals surface area contributed by atoms with Crippen LogP contribution in [0.1, 0.15) is 73.3 Å². The number of hydrogen-bond acceptors (Lipinski definition) is 5. The van der Waals surface area contributed by atoms with Crippen molar-refractivity contribution in [1.82, 2.24) is 10.2 Å². The van der Waals surface area contributed by atoms with Gasteiger partial charge in [-0.2, -0.15) is 0 Å². The Morgan fingerprint density at radius 3 is 2.18 bits per heavy atom. The summed E-state index contributed by atoms with van der Waals surface area (Å²) in [5.41, 5.74) is 0.327. The molecule has 186 valence electrons. The Morgan fingerprint density at radius 1 is 1.06 bits per heavy atom. The van der Waals surface area contributed by atoms with Gasteiger partial charge < -0.3 is 19.7 Å². The van der Waals surface area contributed by atoms with Gasteiger partial charge in [0, 0.05) is 19.5 Å². The first kappa shape index (κ1) is 28.5. The Kier molecular flexibility index (Phi) is 11.4. The van der Waals surface area contributed by atoms with Gasteiger partial charge in [-0.1, -0.05) is 64.4 Å². The highest BCUT2D eigenvalue weighted by Crippen LogP contribution is 2.22.